The van der Waals surface area contributed by atoms with Gasteiger partial charge in [0.05, 0.1) is 0 Å². The minimum absolute atomic E-state index is 0.274. The minimum atomic E-state index is 0.274. The molecule has 0 aliphatic rings. The molecular formula is C15H25NO. The molecule has 0 heterocycles. The number of hydrogen-bond donors (Lipinski definition) is 1. The molecule has 96 valence electrons. The van der Waals surface area contributed by atoms with Gasteiger partial charge in [0.15, 0.2) is 0 Å². The third kappa shape index (κ3) is 4.14. The lowest BCUT2D eigenvalue weighted by molar-refractivity contribution is 0.184. The summed E-state index contributed by atoms with van der Waals surface area (Å²) in [6.45, 7) is 11.0. The predicted octanol–water partition coefficient (Wildman–Crippen LogP) is 2.90. The number of aryl methyl sites for hydroxylation is 2. The van der Waals surface area contributed by atoms with Crippen LogP contribution in [0.2, 0.25) is 0 Å². The van der Waals surface area contributed by atoms with Crippen molar-refractivity contribution in [2.75, 3.05) is 13.2 Å². The second kappa shape index (κ2) is 6.77. The number of rotatable bonds is 6. The summed E-state index contributed by atoms with van der Waals surface area (Å²) in [4.78, 5) is 2.42. The minimum Gasteiger partial charge on any atom is -0.396 e. The van der Waals surface area contributed by atoms with E-state index in [1.807, 2.05) is 0 Å². The van der Waals surface area contributed by atoms with Crippen LogP contribution in [-0.4, -0.2) is 29.2 Å². The summed E-state index contributed by atoms with van der Waals surface area (Å²) in [7, 11) is 0. The molecule has 0 fully saturated rings. The van der Waals surface area contributed by atoms with Crippen LogP contribution in [0.15, 0.2) is 18.2 Å². The van der Waals surface area contributed by atoms with Gasteiger partial charge >= 0.3 is 0 Å². The molecule has 1 aromatic carbocycles. The second-order valence-electron chi connectivity index (χ2n) is 5.01. The Morgan fingerprint density at radius 2 is 1.76 bits per heavy atom. The van der Waals surface area contributed by atoms with E-state index in [2.05, 4.69) is 50.8 Å². The Morgan fingerprint density at radius 3 is 2.24 bits per heavy atom. The predicted molar refractivity (Wildman–Crippen MR) is 73.2 cm³/mol. The molecule has 1 N–H and O–H groups in total. The van der Waals surface area contributed by atoms with E-state index in [1.54, 1.807) is 0 Å². The Kier molecular flexibility index (Phi) is 5.66. The Labute approximate surface area is 105 Å². The zero-order chi connectivity index (χ0) is 12.8. The first-order valence-corrected chi connectivity index (χ1v) is 6.46. The van der Waals surface area contributed by atoms with Crippen LogP contribution in [0.1, 0.15) is 37.0 Å². The van der Waals surface area contributed by atoms with Crippen molar-refractivity contribution in [2.45, 2.75) is 46.7 Å². The zero-order valence-corrected chi connectivity index (χ0v) is 11.5. The molecule has 0 atom stereocenters. The molecule has 17 heavy (non-hydrogen) atoms. The maximum Gasteiger partial charge on any atom is 0.0443 e. The first kappa shape index (κ1) is 14.2. The Balaban J connectivity index is 2.78. The summed E-state index contributed by atoms with van der Waals surface area (Å²) in [6, 6.07) is 6.97. The molecule has 0 aliphatic heterocycles. The fourth-order valence-corrected chi connectivity index (χ4v) is 2.10. The zero-order valence-electron chi connectivity index (χ0n) is 11.5. The van der Waals surface area contributed by atoms with Crippen molar-refractivity contribution in [3.8, 4) is 0 Å². The average molecular weight is 235 g/mol. The largest absolute Gasteiger partial charge is 0.396 e. The smallest absolute Gasteiger partial charge is 0.0443 e. The summed E-state index contributed by atoms with van der Waals surface area (Å²) in [5, 5.41) is 8.95. The summed E-state index contributed by atoms with van der Waals surface area (Å²) in [5.41, 5.74) is 4.15. The van der Waals surface area contributed by atoms with Gasteiger partial charge in [-0.15, -0.1) is 0 Å². The third-order valence-corrected chi connectivity index (χ3v) is 3.34. The summed E-state index contributed by atoms with van der Waals surface area (Å²) in [5.74, 6) is 0. The fraction of sp³-hybridized carbons (Fsp3) is 0.600. The van der Waals surface area contributed by atoms with Crippen molar-refractivity contribution < 1.29 is 5.11 Å². The highest BCUT2D eigenvalue weighted by Gasteiger charge is 2.12. The molecule has 0 saturated carbocycles. The van der Waals surface area contributed by atoms with E-state index in [0.29, 0.717) is 6.04 Å². The van der Waals surface area contributed by atoms with E-state index < -0.39 is 0 Å². The van der Waals surface area contributed by atoms with E-state index in [1.165, 1.54) is 16.7 Å². The van der Waals surface area contributed by atoms with Gasteiger partial charge in [0, 0.05) is 25.7 Å². The van der Waals surface area contributed by atoms with E-state index >= 15 is 0 Å². The Morgan fingerprint density at radius 1 is 1.18 bits per heavy atom. The summed E-state index contributed by atoms with van der Waals surface area (Å²) in [6.07, 6.45) is 0.850. The molecule has 2 nitrogen and oxygen atoms in total. The standard InChI is InChI=1S/C15H25NO/c1-12(2)16(9-6-10-17)11-15-13(3)7-5-8-14(15)4/h5,7-8,12,17H,6,9-11H2,1-4H3. The van der Waals surface area contributed by atoms with Crippen LogP contribution in [0.3, 0.4) is 0 Å². The molecule has 0 aliphatic carbocycles. The highest BCUT2D eigenvalue weighted by molar-refractivity contribution is 5.33. The van der Waals surface area contributed by atoms with Gasteiger partial charge in [0.25, 0.3) is 0 Å². The van der Waals surface area contributed by atoms with Gasteiger partial charge < -0.3 is 5.11 Å². The molecule has 0 aromatic heterocycles. The lowest BCUT2D eigenvalue weighted by Gasteiger charge is -2.27. The Bertz CT molecular complexity index is 327. The number of aliphatic hydroxyl groups excluding tert-OH is 1. The molecule has 1 rings (SSSR count). The van der Waals surface area contributed by atoms with Gasteiger partial charge in [-0.25, -0.2) is 0 Å². The van der Waals surface area contributed by atoms with E-state index in [-0.39, 0.29) is 6.61 Å². The van der Waals surface area contributed by atoms with Gasteiger partial charge in [-0.1, -0.05) is 18.2 Å². The third-order valence-electron chi connectivity index (χ3n) is 3.34. The number of aliphatic hydroxyl groups is 1. The maximum atomic E-state index is 8.95. The second-order valence-corrected chi connectivity index (χ2v) is 5.01. The van der Waals surface area contributed by atoms with Crippen molar-refractivity contribution in [3.05, 3.63) is 34.9 Å². The molecule has 2 heteroatoms. The van der Waals surface area contributed by atoms with E-state index in [9.17, 15) is 0 Å². The van der Waals surface area contributed by atoms with Crippen LogP contribution in [0.5, 0.6) is 0 Å². The number of benzene rings is 1. The van der Waals surface area contributed by atoms with E-state index in [4.69, 9.17) is 5.11 Å². The number of nitrogens with zero attached hydrogens (tertiary/aromatic N) is 1. The SMILES string of the molecule is Cc1cccc(C)c1CN(CCCO)C(C)C. The maximum absolute atomic E-state index is 8.95. The van der Waals surface area contributed by atoms with E-state index in [0.717, 1.165) is 19.5 Å². The molecule has 1 aromatic rings. The molecule has 0 amide bonds. The molecule has 0 bridgehead atoms. The lowest BCUT2D eigenvalue weighted by Crippen LogP contribution is -2.32. The van der Waals surface area contributed by atoms with Crippen molar-refractivity contribution in [1.29, 1.82) is 0 Å². The summed E-state index contributed by atoms with van der Waals surface area (Å²) < 4.78 is 0. The Hall–Kier alpha value is -0.860. The van der Waals surface area contributed by atoms with Crippen LogP contribution in [0.4, 0.5) is 0 Å². The summed E-state index contributed by atoms with van der Waals surface area (Å²) >= 11 is 0. The average Bonchev–Trinajstić information content (AvgIpc) is 2.27. The van der Waals surface area contributed by atoms with Crippen LogP contribution in [0.25, 0.3) is 0 Å². The van der Waals surface area contributed by atoms with Crippen LogP contribution < -0.4 is 0 Å². The van der Waals surface area contributed by atoms with Crippen molar-refractivity contribution in [3.63, 3.8) is 0 Å². The van der Waals surface area contributed by atoms with Crippen molar-refractivity contribution in [2.24, 2.45) is 0 Å². The van der Waals surface area contributed by atoms with Gasteiger partial charge in [-0.05, 0) is 50.8 Å². The number of hydrogen-bond acceptors (Lipinski definition) is 2. The van der Waals surface area contributed by atoms with Crippen molar-refractivity contribution >= 4 is 0 Å². The first-order chi connectivity index (χ1) is 8.06. The van der Waals surface area contributed by atoms with Gasteiger partial charge in [-0.3, -0.25) is 4.90 Å². The van der Waals surface area contributed by atoms with Gasteiger partial charge in [0.1, 0.15) is 0 Å². The topological polar surface area (TPSA) is 23.5 Å². The van der Waals surface area contributed by atoms with Crippen LogP contribution >= 0.6 is 0 Å². The molecule has 0 saturated heterocycles. The van der Waals surface area contributed by atoms with Crippen LogP contribution in [-0.2, 0) is 6.54 Å². The first-order valence-electron chi connectivity index (χ1n) is 6.46. The molecule has 0 spiro atoms. The highest BCUT2D eigenvalue weighted by Crippen LogP contribution is 2.17. The molecule has 0 radical (unpaired) electrons. The van der Waals surface area contributed by atoms with Crippen LogP contribution in [0, 0.1) is 13.8 Å². The molecular weight excluding hydrogens is 210 g/mol. The quantitative estimate of drug-likeness (QED) is 0.819. The van der Waals surface area contributed by atoms with Gasteiger partial charge in [0.2, 0.25) is 0 Å². The lowest BCUT2D eigenvalue weighted by atomic mass is 10.0. The normalized spacial score (nSPS) is 11.5. The van der Waals surface area contributed by atoms with Gasteiger partial charge in [-0.2, -0.15) is 0 Å². The fourth-order valence-electron chi connectivity index (χ4n) is 2.10. The van der Waals surface area contributed by atoms with Crippen molar-refractivity contribution in [1.82, 2.24) is 4.90 Å². The molecule has 0 unspecified atom stereocenters. The monoisotopic (exact) mass is 235 g/mol. The highest BCUT2D eigenvalue weighted by atomic mass is 16.3.